The quantitative estimate of drug-likeness (QED) is 0.0567. The number of nitrogens with zero attached hydrogens (tertiary/aromatic N) is 2. The summed E-state index contributed by atoms with van der Waals surface area (Å²) in [4.78, 5) is 35.8. The summed E-state index contributed by atoms with van der Waals surface area (Å²) in [6.45, 7) is 5.95. The van der Waals surface area contributed by atoms with Crippen molar-refractivity contribution in [2.24, 2.45) is 0 Å². The zero-order valence-electron chi connectivity index (χ0n) is 30.2. The molecule has 2 saturated heterocycles. The highest BCUT2D eigenvalue weighted by Crippen LogP contribution is 2.39. The highest BCUT2D eigenvalue weighted by atomic mass is 32.2. The summed E-state index contributed by atoms with van der Waals surface area (Å²) in [6, 6.07) is 8.38. The van der Waals surface area contributed by atoms with Crippen LogP contribution in [0.2, 0.25) is 0 Å². The number of amides is 2. The number of hydrogen-bond donors (Lipinski definition) is 0. The summed E-state index contributed by atoms with van der Waals surface area (Å²) in [5, 5.41) is 0. The van der Waals surface area contributed by atoms with Crippen molar-refractivity contribution < 1.29 is 9.59 Å². The molecule has 2 aromatic heterocycles. The van der Waals surface area contributed by atoms with E-state index in [2.05, 4.69) is 38.1 Å². The molecule has 0 radical (unpaired) electrons. The summed E-state index contributed by atoms with van der Waals surface area (Å²) in [5.41, 5.74) is 0. The van der Waals surface area contributed by atoms with E-state index < -0.39 is 0 Å². The van der Waals surface area contributed by atoms with Gasteiger partial charge < -0.3 is 0 Å². The standard InChI is InChI=1S/C40H56N2O2S6/c1-3-5-7-9-11-13-15-17-19-21-27-41-37(43)35(49-39(41)45)29-31-23-25-33(47-31)34-26-24-32(48-34)30-36-38(44)42(40(46)50-36)28-22-20-18-16-14-12-10-8-6-4-2/h23-26,29-30H,3-22,27-28H2,1-2H3/b35-29-,36-30-. The molecule has 4 rings (SSSR count). The summed E-state index contributed by atoms with van der Waals surface area (Å²) in [6.07, 6.45) is 29.5. The van der Waals surface area contributed by atoms with Gasteiger partial charge in [0.25, 0.3) is 11.8 Å². The number of hydrogen-bond acceptors (Lipinski definition) is 8. The van der Waals surface area contributed by atoms with E-state index in [9.17, 15) is 9.59 Å². The number of thiophene rings is 2. The van der Waals surface area contributed by atoms with Crippen LogP contribution >= 0.6 is 70.6 Å². The third-order valence-corrected chi connectivity index (χ3v) is 14.3. The van der Waals surface area contributed by atoms with Crippen molar-refractivity contribution in [2.45, 2.75) is 142 Å². The van der Waals surface area contributed by atoms with Crippen LogP contribution in [0.3, 0.4) is 0 Å². The SMILES string of the molecule is CCCCCCCCCCCCN1C(=O)/C(=C/c2ccc(-c3ccc(/C=C4\SC(=S)N(CCCCCCCCCCCC)C4=O)s3)s2)SC1=S. The average Bonchev–Trinajstić information content (AvgIpc) is 3.88. The molecule has 50 heavy (non-hydrogen) atoms. The van der Waals surface area contributed by atoms with Crippen LogP contribution in [0.5, 0.6) is 0 Å². The monoisotopic (exact) mass is 788 g/mol. The molecule has 2 fully saturated rings. The van der Waals surface area contributed by atoms with Gasteiger partial charge in [0.1, 0.15) is 8.64 Å². The molecule has 4 nitrogen and oxygen atoms in total. The van der Waals surface area contributed by atoms with Gasteiger partial charge in [-0.2, -0.15) is 0 Å². The summed E-state index contributed by atoms with van der Waals surface area (Å²) in [7, 11) is 0. The van der Waals surface area contributed by atoms with Crippen molar-refractivity contribution in [1.82, 2.24) is 9.80 Å². The van der Waals surface area contributed by atoms with Gasteiger partial charge in [0, 0.05) is 32.6 Å². The topological polar surface area (TPSA) is 40.6 Å². The molecule has 2 aliphatic heterocycles. The van der Waals surface area contributed by atoms with Gasteiger partial charge in [0.2, 0.25) is 0 Å². The van der Waals surface area contributed by atoms with E-state index in [4.69, 9.17) is 24.4 Å². The lowest BCUT2D eigenvalue weighted by Crippen LogP contribution is -2.28. The highest BCUT2D eigenvalue weighted by Gasteiger charge is 2.32. The molecule has 0 unspecified atom stereocenters. The Balaban J connectivity index is 1.19. The largest absolute Gasteiger partial charge is 0.293 e. The number of thiocarbonyl (C=S) groups is 2. The van der Waals surface area contributed by atoms with Crippen LogP contribution in [-0.2, 0) is 9.59 Å². The molecule has 0 atom stereocenters. The Morgan fingerprint density at radius 1 is 0.500 bits per heavy atom. The van der Waals surface area contributed by atoms with Crippen LogP contribution in [0.1, 0.15) is 152 Å². The minimum atomic E-state index is 0.0368. The molecule has 0 aromatic carbocycles. The second-order valence-electron chi connectivity index (χ2n) is 13.4. The van der Waals surface area contributed by atoms with E-state index in [0.717, 1.165) is 45.2 Å². The lowest BCUT2D eigenvalue weighted by Gasteiger charge is -2.14. The fraction of sp³-hybridized carbons (Fsp3) is 0.600. The first kappa shape index (κ1) is 41.5. The van der Waals surface area contributed by atoms with Crippen molar-refractivity contribution in [1.29, 1.82) is 0 Å². The second-order valence-corrected chi connectivity index (χ2v) is 19.0. The first-order valence-electron chi connectivity index (χ1n) is 19.1. The number of carbonyl (C=O) groups is 2. The molecule has 274 valence electrons. The number of rotatable bonds is 25. The van der Waals surface area contributed by atoms with Crippen molar-refractivity contribution in [3.63, 3.8) is 0 Å². The lowest BCUT2D eigenvalue weighted by atomic mass is 10.1. The molecule has 2 aliphatic rings. The number of unbranched alkanes of at least 4 members (excludes halogenated alkanes) is 18. The highest BCUT2D eigenvalue weighted by molar-refractivity contribution is 8.27. The molecular formula is C40H56N2O2S6. The van der Waals surface area contributed by atoms with Crippen LogP contribution in [0, 0.1) is 0 Å². The van der Waals surface area contributed by atoms with E-state index in [1.165, 1.54) is 126 Å². The third kappa shape index (κ3) is 13.6. The maximum Gasteiger partial charge on any atom is 0.266 e. The Hall–Kier alpha value is -1.30. The maximum absolute atomic E-state index is 13.2. The fourth-order valence-corrected chi connectivity index (χ4v) is 11.0. The summed E-state index contributed by atoms with van der Waals surface area (Å²) in [5.74, 6) is 0.0736. The molecule has 4 heterocycles. The molecule has 2 amide bonds. The summed E-state index contributed by atoms with van der Waals surface area (Å²) < 4.78 is 1.34. The molecule has 0 aliphatic carbocycles. The first-order valence-corrected chi connectivity index (χ1v) is 23.2. The Morgan fingerprint density at radius 3 is 1.16 bits per heavy atom. The van der Waals surface area contributed by atoms with Gasteiger partial charge in [-0.05, 0) is 49.3 Å². The Bertz CT molecular complexity index is 1350. The van der Waals surface area contributed by atoms with Gasteiger partial charge in [-0.1, -0.05) is 177 Å². The minimum Gasteiger partial charge on any atom is -0.293 e. The van der Waals surface area contributed by atoms with E-state index >= 15 is 0 Å². The van der Waals surface area contributed by atoms with Crippen LogP contribution in [-0.4, -0.2) is 43.3 Å². The van der Waals surface area contributed by atoms with E-state index in [0.29, 0.717) is 31.5 Å². The number of thioether (sulfide) groups is 2. The van der Waals surface area contributed by atoms with Gasteiger partial charge >= 0.3 is 0 Å². The van der Waals surface area contributed by atoms with E-state index in [-0.39, 0.29) is 11.8 Å². The predicted molar refractivity (Wildman–Crippen MR) is 231 cm³/mol. The minimum absolute atomic E-state index is 0.0368. The number of carbonyl (C=O) groups excluding carboxylic acids is 2. The predicted octanol–water partition coefficient (Wildman–Crippen LogP) is 13.7. The van der Waals surface area contributed by atoms with Crippen molar-refractivity contribution in [2.75, 3.05) is 13.1 Å². The van der Waals surface area contributed by atoms with Crippen LogP contribution in [0.25, 0.3) is 21.9 Å². The molecule has 0 N–H and O–H groups in total. The van der Waals surface area contributed by atoms with Crippen molar-refractivity contribution >= 4 is 103 Å². The van der Waals surface area contributed by atoms with Crippen LogP contribution in [0.4, 0.5) is 0 Å². The zero-order valence-corrected chi connectivity index (χ0v) is 35.1. The fourth-order valence-electron chi connectivity index (χ4n) is 6.28. The van der Waals surface area contributed by atoms with Crippen LogP contribution in [0.15, 0.2) is 34.1 Å². The van der Waals surface area contributed by atoms with Gasteiger partial charge in [0.05, 0.1) is 9.81 Å². The Morgan fingerprint density at radius 2 is 0.820 bits per heavy atom. The molecule has 2 aromatic rings. The first-order chi connectivity index (χ1) is 24.4. The molecule has 0 spiro atoms. The van der Waals surface area contributed by atoms with E-state index in [1.54, 1.807) is 32.5 Å². The summed E-state index contributed by atoms with van der Waals surface area (Å²) >= 11 is 17.4. The molecule has 0 bridgehead atoms. The molecule has 10 heteroatoms. The normalized spacial score (nSPS) is 16.8. The van der Waals surface area contributed by atoms with E-state index in [1.807, 2.05) is 12.2 Å². The Kier molecular flexibility index (Phi) is 19.4. The van der Waals surface area contributed by atoms with Gasteiger partial charge in [-0.15, -0.1) is 22.7 Å². The molecule has 0 saturated carbocycles. The third-order valence-electron chi connectivity index (χ3n) is 9.26. The lowest BCUT2D eigenvalue weighted by molar-refractivity contribution is -0.123. The van der Waals surface area contributed by atoms with Crippen molar-refractivity contribution in [3.05, 3.63) is 43.8 Å². The Labute approximate surface area is 329 Å². The second kappa shape index (κ2) is 23.4. The average molecular weight is 789 g/mol. The smallest absolute Gasteiger partial charge is 0.266 e. The zero-order chi connectivity index (χ0) is 35.6. The van der Waals surface area contributed by atoms with Gasteiger partial charge in [-0.25, -0.2) is 0 Å². The van der Waals surface area contributed by atoms with Gasteiger partial charge in [0.15, 0.2) is 0 Å². The van der Waals surface area contributed by atoms with Gasteiger partial charge in [-0.3, -0.25) is 19.4 Å². The maximum atomic E-state index is 13.2. The molecular weight excluding hydrogens is 733 g/mol. The van der Waals surface area contributed by atoms with Crippen molar-refractivity contribution in [3.8, 4) is 9.75 Å². The van der Waals surface area contributed by atoms with Crippen LogP contribution < -0.4 is 0 Å².